The second kappa shape index (κ2) is 7.70. The van der Waals surface area contributed by atoms with Gasteiger partial charge in [0.25, 0.3) is 0 Å². The van der Waals surface area contributed by atoms with Gasteiger partial charge in [-0.1, -0.05) is 0 Å². The average Bonchev–Trinajstić information content (AvgIpc) is 2.72. The van der Waals surface area contributed by atoms with E-state index in [0.29, 0.717) is 5.75 Å². The van der Waals surface area contributed by atoms with E-state index in [0.717, 1.165) is 0 Å². The minimum atomic E-state index is -0.685. The highest BCUT2D eigenvalue weighted by atomic mass is 16.5. The summed E-state index contributed by atoms with van der Waals surface area (Å²) in [6, 6.07) is 4.46. The van der Waals surface area contributed by atoms with Crippen LogP contribution in [0.5, 0.6) is 40.2 Å². The molecule has 1 heterocycles. The summed E-state index contributed by atoms with van der Waals surface area (Å²) in [4.78, 5) is 13.1. The van der Waals surface area contributed by atoms with Crippen LogP contribution < -0.4 is 29.1 Å². The maximum absolute atomic E-state index is 13.1. The molecule has 154 valence electrons. The topological polar surface area (TPSA) is 117 Å². The highest BCUT2D eigenvalue weighted by Crippen LogP contribution is 2.51. The van der Waals surface area contributed by atoms with E-state index < -0.39 is 11.2 Å². The summed E-state index contributed by atoms with van der Waals surface area (Å²) in [6.07, 6.45) is 0. The number of fused-ring (bicyclic) bond motifs is 1. The number of phenolic OH excluding ortho intramolecular Hbond substituents is 2. The van der Waals surface area contributed by atoms with Gasteiger partial charge in [-0.25, -0.2) is 0 Å². The molecule has 0 fully saturated rings. The molecule has 0 radical (unpaired) electrons. The number of phenols is 2. The van der Waals surface area contributed by atoms with Gasteiger partial charge in [0.2, 0.25) is 28.4 Å². The molecule has 0 atom stereocenters. The molecule has 9 nitrogen and oxygen atoms in total. The average molecular weight is 404 g/mol. The Hall–Kier alpha value is -3.75. The SMILES string of the molecule is COc1ccc(-c2oc3c(OC)c(OC)c(OC)c(O)c3c(=O)c2OC)c(O)c1. The number of benzene rings is 2. The first kappa shape index (κ1) is 20.0. The summed E-state index contributed by atoms with van der Waals surface area (Å²) in [5.41, 5.74) is -0.604. The molecule has 0 amide bonds. The van der Waals surface area contributed by atoms with Crippen LogP contribution in [0.1, 0.15) is 0 Å². The molecular weight excluding hydrogens is 384 g/mol. The third-order valence-corrected chi connectivity index (χ3v) is 4.41. The van der Waals surface area contributed by atoms with Crippen LogP contribution in [0.4, 0.5) is 0 Å². The van der Waals surface area contributed by atoms with E-state index in [1.807, 2.05) is 0 Å². The highest BCUT2D eigenvalue weighted by molar-refractivity contribution is 5.96. The van der Waals surface area contributed by atoms with E-state index in [-0.39, 0.29) is 51.0 Å². The smallest absolute Gasteiger partial charge is 0.239 e. The predicted octanol–water partition coefficient (Wildman–Crippen LogP) is 2.91. The molecule has 2 aromatic carbocycles. The van der Waals surface area contributed by atoms with E-state index in [2.05, 4.69) is 0 Å². The van der Waals surface area contributed by atoms with E-state index in [1.165, 1.54) is 47.7 Å². The lowest BCUT2D eigenvalue weighted by Gasteiger charge is -2.17. The Bertz CT molecular complexity index is 1130. The predicted molar refractivity (Wildman–Crippen MR) is 104 cm³/mol. The Kier molecular flexibility index (Phi) is 5.31. The molecule has 0 aliphatic heterocycles. The first-order valence-electron chi connectivity index (χ1n) is 8.36. The van der Waals surface area contributed by atoms with Crippen LogP contribution in [0.15, 0.2) is 27.4 Å². The summed E-state index contributed by atoms with van der Waals surface area (Å²) in [5, 5.41) is 20.8. The quantitative estimate of drug-likeness (QED) is 0.639. The summed E-state index contributed by atoms with van der Waals surface area (Å²) in [6.45, 7) is 0. The van der Waals surface area contributed by atoms with Crippen LogP contribution in [-0.4, -0.2) is 45.8 Å². The van der Waals surface area contributed by atoms with Gasteiger partial charge in [0.1, 0.15) is 16.9 Å². The number of ether oxygens (including phenoxy) is 5. The fraction of sp³-hybridized carbons (Fsp3) is 0.250. The lowest BCUT2D eigenvalue weighted by atomic mass is 10.1. The normalized spacial score (nSPS) is 10.7. The Morgan fingerprint density at radius 1 is 0.793 bits per heavy atom. The van der Waals surface area contributed by atoms with Crippen molar-refractivity contribution in [3.05, 3.63) is 28.4 Å². The standard InChI is InChI=1S/C20H20O9/c1-24-9-6-7-10(11(21)8-9)15-17(25-2)13(22)12-14(23)18(26-3)20(28-5)19(27-4)16(12)29-15/h6-8,21,23H,1-5H3. The molecule has 3 aromatic rings. The van der Waals surface area contributed by atoms with Gasteiger partial charge in [0.15, 0.2) is 17.1 Å². The van der Waals surface area contributed by atoms with E-state index in [4.69, 9.17) is 28.1 Å². The molecule has 2 N–H and O–H groups in total. The van der Waals surface area contributed by atoms with Gasteiger partial charge >= 0.3 is 0 Å². The highest BCUT2D eigenvalue weighted by Gasteiger charge is 2.29. The van der Waals surface area contributed by atoms with Gasteiger partial charge in [-0.05, 0) is 12.1 Å². The molecule has 3 rings (SSSR count). The molecule has 0 unspecified atom stereocenters. The Morgan fingerprint density at radius 3 is 1.93 bits per heavy atom. The maximum Gasteiger partial charge on any atom is 0.239 e. The van der Waals surface area contributed by atoms with Crippen LogP contribution in [0.2, 0.25) is 0 Å². The minimum Gasteiger partial charge on any atom is -0.507 e. The first-order chi connectivity index (χ1) is 13.9. The van der Waals surface area contributed by atoms with Crippen molar-refractivity contribution in [1.82, 2.24) is 0 Å². The number of hydrogen-bond donors (Lipinski definition) is 2. The second-order valence-electron chi connectivity index (χ2n) is 5.83. The summed E-state index contributed by atoms with van der Waals surface area (Å²) < 4.78 is 32.0. The number of hydrogen-bond acceptors (Lipinski definition) is 9. The number of rotatable bonds is 6. The molecular formula is C20H20O9. The van der Waals surface area contributed by atoms with Gasteiger partial charge in [-0.3, -0.25) is 4.79 Å². The maximum atomic E-state index is 13.1. The molecule has 0 bridgehead atoms. The zero-order valence-corrected chi connectivity index (χ0v) is 16.5. The van der Waals surface area contributed by atoms with Crippen LogP contribution in [0, 0.1) is 0 Å². The summed E-state index contributed by atoms with van der Waals surface area (Å²) in [5.74, 6) is -0.574. The monoisotopic (exact) mass is 404 g/mol. The van der Waals surface area contributed by atoms with Gasteiger partial charge in [-0.2, -0.15) is 0 Å². The van der Waals surface area contributed by atoms with Crippen molar-refractivity contribution in [2.45, 2.75) is 0 Å². The van der Waals surface area contributed by atoms with Crippen molar-refractivity contribution in [2.75, 3.05) is 35.5 Å². The molecule has 0 saturated heterocycles. The molecule has 9 heteroatoms. The van der Waals surface area contributed by atoms with Crippen molar-refractivity contribution in [3.63, 3.8) is 0 Å². The largest absolute Gasteiger partial charge is 0.507 e. The molecule has 0 aliphatic carbocycles. The summed E-state index contributed by atoms with van der Waals surface area (Å²) >= 11 is 0. The zero-order chi connectivity index (χ0) is 21.3. The molecule has 29 heavy (non-hydrogen) atoms. The molecule has 0 aliphatic rings. The van der Waals surface area contributed by atoms with E-state index >= 15 is 0 Å². The fourth-order valence-corrected chi connectivity index (χ4v) is 3.07. The molecule has 1 aromatic heterocycles. The minimum absolute atomic E-state index is 0.0335. The Balaban J connectivity index is 2.50. The van der Waals surface area contributed by atoms with Crippen LogP contribution in [0.3, 0.4) is 0 Å². The van der Waals surface area contributed by atoms with Crippen molar-refractivity contribution >= 4 is 11.0 Å². The van der Waals surface area contributed by atoms with Gasteiger partial charge < -0.3 is 38.3 Å². The first-order valence-corrected chi connectivity index (χ1v) is 8.36. The van der Waals surface area contributed by atoms with Gasteiger partial charge in [0.05, 0.1) is 41.1 Å². The van der Waals surface area contributed by atoms with Crippen LogP contribution in [-0.2, 0) is 0 Å². The Morgan fingerprint density at radius 2 is 1.41 bits per heavy atom. The van der Waals surface area contributed by atoms with E-state index in [1.54, 1.807) is 6.07 Å². The van der Waals surface area contributed by atoms with Crippen LogP contribution in [0.25, 0.3) is 22.3 Å². The number of aromatic hydroxyl groups is 2. The Labute approximate surface area is 165 Å². The van der Waals surface area contributed by atoms with E-state index in [9.17, 15) is 15.0 Å². The number of methoxy groups -OCH3 is 5. The summed E-state index contributed by atoms with van der Waals surface area (Å²) in [7, 11) is 6.74. The van der Waals surface area contributed by atoms with Crippen molar-refractivity contribution in [2.24, 2.45) is 0 Å². The third-order valence-electron chi connectivity index (χ3n) is 4.41. The molecule has 0 spiro atoms. The van der Waals surface area contributed by atoms with Crippen molar-refractivity contribution < 1.29 is 38.3 Å². The third kappa shape index (κ3) is 3.00. The lowest BCUT2D eigenvalue weighted by Crippen LogP contribution is -2.09. The lowest BCUT2D eigenvalue weighted by molar-refractivity contribution is 0.310. The zero-order valence-electron chi connectivity index (χ0n) is 16.5. The second-order valence-corrected chi connectivity index (χ2v) is 5.83. The van der Waals surface area contributed by atoms with Crippen molar-refractivity contribution in [3.8, 4) is 51.6 Å². The van der Waals surface area contributed by atoms with Crippen molar-refractivity contribution in [1.29, 1.82) is 0 Å². The molecule has 0 saturated carbocycles. The van der Waals surface area contributed by atoms with Crippen LogP contribution >= 0.6 is 0 Å². The van der Waals surface area contributed by atoms with Gasteiger partial charge in [-0.15, -0.1) is 0 Å². The van der Waals surface area contributed by atoms with Gasteiger partial charge in [0, 0.05) is 6.07 Å². The fourth-order valence-electron chi connectivity index (χ4n) is 3.07.